The van der Waals surface area contributed by atoms with Crippen molar-refractivity contribution in [3.05, 3.63) is 11.8 Å². The number of anilines is 1. The van der Waals surface area contributed by atoms with Crippen molar-refractivity contribution in [3.8, 4) is 0 Å². The topological polar surface area (TPSA) is 61.5 Å². The van der Waals surface area contributed by atoms with Gasteiger partial charge in [-0.1, -0.05) is 0 Å². The van der Waals surface area contributed by atoms with Gasteiger partial charge in [0.1, 0.15) is 5.60 Å². The van der Waals surface area contributed by atoms with Crippen molar-refractivity contribution in [2.45, 2.75) is 45.1 Å². The van der Waals surface area contributed by atoms with E-state index in [0.717, 1.165) is 18.9 Å². The van der Waals surface area contributed by atoms with E-state index in [1.54, 1.807) is 4.90 Å². The number of nitrogens with zero attached hydrogens (tertiary/aromatic N) is 3. The average molecular weight is 292 g/mol. The van der Waals surface area contributed by atoms with Crippen molar-refractivity contribution in [2.24, 2.45) is 0 Å². The average Bonchev–Trinajstić information content (AvgIpc) is 3.15. The van der Waals surface area contributed by atoms with E-state index in [1.807, 2.05) is 20.8 Å². The molecule has 1 saturated carbocycles. The summed E-state index contributed by atoms with van der Waals surface area (Å²) in [5.74, 6) is 1.69. The van der Waals surface area contributed by atoms with Crippen molar-refractivity contribution in [1.82, 2.24) is 15.1 Å². The molecule has 0 unspecified atom stereocenters. The Morgan fingerprint density at radius 2 is 1.95 bits per heavy atom. The summed E-state index contributed by atoms with van der Waals surface area (Å²) in [4.78, 5) is 16.0. The number of carbonyl (C=O) groups excluding carboxylic acids is 1. The molecule has 1 aromatic heterocycles. The molecule has 2 aliphatic rings. The molecule has 0 radical (unpaired) electrons. The molecule has 1 N–H and O–H groups in total. The Morgan fingerprint density at radius 1 is 1.29 bits per heavy atom. The summed E-state index contributed by atoms with van der Waals surface area (Å²) in [6, 6.07) is 2.15. The predicted molar refractivity (Wildman–Crippen MR) is 80.6 cm³/mol. The van der Waals surface area contributed by atoms with E-state index in [4.69, 9.17) is 4.74 Å². The number of aromatic amines is 1. The number of H-pyrrole nitrogens is 1. The van der Waals surface area contributed by atoms with Crippen LogP contribution < -0.4 is 4.90 Å². The van der Waals surface area contributed by atoms with E-state index in [1.165, 1.54) is 18.5 Å². The predicted octanol–water partition coefficient (Wildman–Crippen LogP) is 2.34. The SMILES string of the molecule is CC(C)(C)OC(=O)N1CCN(c2cc(C3CC3)[nH]n2)CC1. The number of rotatable bonds is 2. The maximum absolute atomic E-state index is 12.0. The lowest BCUT2D eigenvalue weighted by molar-refractivity contribution is 0.0240. The molecule has 0 bridgehead atoms. The molecule has 6 heteroatoms. The first-order chi connectivity index (χ1) is 9.92. The highest BCUT2D eigenvalue weighted by Gasteiger charge is 2.29. The van der Waals surface area contributed by atoms with Crippen LogP contribution in [-0.2, 0) is 4.74 Å². The quantitative estimate of drug-likeness (QED) is 0.909. The normalized spacial score (nSPS) is 19.8. The van der Waals surface area contributed by atoms with Crippen LogP contribution in [0.25, 0.3) is 0 Å². The standard InChI is InChI=1S/C15H24N4O2/c1-15(2,3)21-14(20)19-8-6-18(7-9-19)13-10-12(16-17-13)11-4-5-11/h10-11H,4-9H2,1-3H3,(H,16,17). The Balaban J connectivity index is 1.53. The minimum atomic E-state index is -0.435. The molecule has 6 nitrogen and oxygen atoms in total. The summed E-state index contributed by atoms with van der Waals surface area (Å²) in [5.41, 5.74) is 0.815. The van der Waals surface area contributed by atoms with Crippen molar-refractivity contribution < 1.29 is 9.53 Å². The smallest absolute Gasteiger partial charge is 0.410 e. The minimum Gasteiger partial charge on any atom is -0.444 e. The van der Waals surface area contributed by atoms with Crippen molar-refractivity contribution in [3.63, 3.8) is 0 Å². The van der Waals surface area contributed by atoms with Crippen LogP contribution in [0.4, 0.5) is 10.6 Å². The van der Waals surface area contributed by atoms with Gasteiger partial charge in [-0.15, -0.1) is 0 Å². The fraction of sp³-hybridized carbons (Fsp3) is 0.733. The third-order valence-corrected chi connectivity index (χ3v) is 3.86. The van der Waals surface area contributed by atoms with E-state index in [0.29, 0.717) is 19.0 Å². The Kier molecular flexibility index (Phi) is 3.55. The van der Waals surface area contributed by atoms with E-state index in [2.05, 4.69) is 21.2 Å². The molecule has 2 fully saturated rings. The maximum Gasteiger partial charge on any atom is 0.410 e. The summed E-state index contributed by atoms with van der Waals surface area (Å²) >= 11 is 0. The van der Waals surface area contributed by atoms with Gasteiger partial charge in [-0.3, -0.25) is 5.10 Å². The van der Waals surface area contributed by atoms with Gasteiger partial charge in [0.05, 0.1) is 0 Å². The van der Waals surface area contributed by atoms with Gasteiger partial charge in [0.2, 0.25) is 0 Å². The summed E-state index contributed by atoms with van der Waals surface area (Å²) in [6.45, 7) is 8.64. The molecule has 1 amide bonds. The van der Waals surface area contributed by atoms with Crippen LogP contribution in [0.1, 0.15) is 45.2 Å². The number of amides is 1. The Hall–Kier alpha value is -1.72. The summed E-state index contributed by atoms with van der Waals surface area (Å²) in [5, 5.41) is 7.53. The van der Waals surface area contributed by atoms with Gasteiger partial charge in [0, 0.05) is 43.9 Å². The number of ether oxygens (including phenoxy) is 1. The fourth-order valence-electron chi connectivity index (χ4n) is 2.54. The van der Waals surface area contributed by atoms with Gasteiger partial charge in [0.25, 0.3) is 0 Å². The van der Waals surface area contributed by atoms with Crippen LogP contribution in [0.3, 0.4) is 0 Å². The zero-order valence-electron chi connectivity index (χ0n) is 13.1. The second kappa shape index (κ2) is 5.24. The van der Waals surface area contributed by atoms with Gasteiger partial charge < -0.3 is 14.5 Å². The summed E-state index contributed by atoms with van der Waals surface area (Å²) in [7, 11) is 0. The number of carbonyl (C=O) groups is 1. The second-order valence-electron chi connectivity index (χ2n) is 6.91. The monoisotopic (exact) mass is 292 g/mol. The van der Waals surface area contributed by atoms with Gasteiger partial charge >= 0.3 is 6.09 Å². The van der Waals surface area contributed by atoms with E-state index in [9.17, 15) is 4.79 Å². The maximum atomic E-state index is 12.0. The molecule has 0 atom stereocenters. The number of piperazine rings is 1. The minimum absolute atomic E-state index is 0.220. The van der Waals surface area contributed by atoms with Gasteiger partial charge in [-0.2, -0.15) is 5.10 Å². The van der Waals surface area contributed by atoms with Gasteiger partial charge in [-0.25, -0.2) is 4.79 Å². The van der Waals surface area contributed by atoms with Crippen molar-refractivity contribution in [1.29, 1.82) is 0 Å². The summed E-state index contributed by atoms with van der Waals surface area (Å²) in [6.07, 6.45) is 2.32. The molecule has 1 aliphatic carbocycles. The van der Waals surface area contributed by atoms with Crippen LogP contribution in [-0.4, -0.2) is 53.0 Å². The second-order valence-corrected chi connectivity index (χ2v) is 6.91. The van der Waals surface area contributed by atoms with E-state index < -0.39 is 5.60 Å². The number of hydrogen-bond acceptors (Lipinski definition) is 4. The third-order valence-electron chi connectivity index (χ3n) is 3.86. The van der Waals surface area contributed by atoms with Crippen LogP contribution in [0.15, 0.2) is 6.07 Å². The molecule has 0 spiro atoms. The molecule has 2 heterocycles. The zero-order valence-corrected chi connectivity index (χ0v) is 13.1. The van der Waals surface area contributed by atoms with Crippen LogP contribution >= 0.6 is 0 Å². The highest BCUT2D eigenvalue weighted by Crippen LogP contribution is 2.39. The molecule has 1 aliphatic heterocycles. The Labute approximate surface area is 125 Å². The van der Waals surface area contributed by atoms with Crippen LogP contribution in [0.2, 0.25) is 0 Å². The van der Waals surface area contributed by atoms with Gasteiger partial charge in [-0.05, 0) is 33.6 Å². The zero-order chi connectivity index (χ0) is 15.0. The first kappa shape index (κ1) is 14.2. The molecule has 1 saturated heterocycles. The first-order valence-electron chi connectivity index (χ1n) is 7.70. The number of aromatic nitrogens is 2. The molecular weight excluding hydrogens is 268 g/mol. The lowest BCUT2D eigenvalue weighted by atomic mass is 10.2. The molecule has 21 heavy (non-hydrogen) atoms. The molecule has 0 aromatic carbocycles. The molecule has 3 rings (SSSR count). The van der Waals surface area contributed by atoms with Crippen molar-refractivity contribution in [2.75, 3.05) is 31.1 Å². The third kappa shape index (κ3) is 3.49. The lowest BCUT2D eigenvalue weighted by Gasteiger charge is -2.35. The van der Waals surface area contributed by atoms with Crippen molar-refractivity contribution >= 4 is 11.9 Å². The van der Waals surface area contributed by atoms with Gasteiger partial charge in [0.15, 0.2) is 5.82 Å². The largest absolute Gasteiger partial charge is 0.444 e. The highest BCUT2D eigenvalue weighted by atomic mass is 16.6. The molecule has 1 aromatic rings. The Bertz CT molecular complexity index is 508. The Morgan fingerprint density at radius 3 is 2.52 bits per heavy atom. The number of hydrogen-bond donors (Lipinski definition) is 1. The fourth-order valence-corrected chi connectivity index (χ4v) is 2.54. The van der Waals surface area contributed by atoms with Crippen LogP contribution in [0.5, 0.6) is 0 Å². The molecular formula is C15H24N4O2. The van der Waals surface area contributed by atoms with E-state index in [-0.39, 0.29) is 6.09 Å². The first-order valence-corrected chi connectivity index (χ1v) is 7.70. The van der Waals surface area contributed by atoms with Crippen LogP contribution in [0, 0.1) is 0 Å². The van der Waals surface area contributed by atoms with E-state index >= 15 is 0 Å². The lowest BCUT2D eigenvalue weighted by Crippen LogP contribution is -2.50. The summed E-state index contributed by atoms with van der Waals surface area (Å²) < 4.78 is 5.41. The number of nitrogens with one attached hydrogen (secondary N) is 1. The molecule has 116 valence electrons. The highest BCUT2D eigenvalue weighted by molar-refractivity contribution is 5.68.